The Kier molecular flexibility index (Phi) is 5.81. The van der Waals surface area contributed by atoms with E-state index in [4.69, 9.17) is 0 Å². The molecule has 0 heterocycles. The second-order valence-electron chi connectivity index (χ2n) is 6.05. The lowest BCUT2D eigenvalue weighted by molar-refractivity contribution is -0.114. The van der Waals surface area contributed by atoms with E-state index in [0.29, 0.717) is 11.3 Å². The maximum absolute atomic E-state index is 12.6. The van der Waals surface area contributed by atoms with Crippen LogP contribution in [0.15, 0.2) is 47.4 Å². The van der Waals surface area contributed by atoms with Crippen molar-refractivity contribution in [3.05, 3.63) is 53.6 Å². The zero-order chi connectivity index (χ0) is 18.6. The van der Waals surface area contributed by atoms with Crippen molar-refractivity contribution < 1.29 is 13.2 Å². The SMILES string of the molecule is CC(=O)Nc1ccc(C)c(S(=O)(=O)NCc2ccc(N(C)C)cc2)c1. The molecule has 2 rings (SSSR count). The van der Waals surface area contributed by atoms with Gasteiger partial charge in [0.05, 0.1) is 4.90 Å². The normalized spacial score (nSPS) is 11.2. The third kappa shape index (κ3) is 5.04. The predicted molar refractivity (Wildman–Crippen MR) is 100 cm³/mol. The van der Waals surface area contributed by atoms with Gasteiger partial charge in [0.25, 0.3) is 0 Å². The zero-order valence-electron chi connectivity index (χ0n) is 14.8. The van der Waals surface area contributed by atoms with Gasteiger partial charge in [0.1, 0.15) is 0 Å². The molecule has 0 saturated heterocycles. The van der Waals surface area contributed by atoms with Crippen LogP contribution in [-0.4, -0.2) is 28.4 Å². The molecule has 2 N–H and O–H groups in total. The summed E-state index contributed by atoms with van der Waals surface area (Å²) < 4.78 is 27.8. The van der Waals surface area contributed by atoms with Crippen molar-refractivity contribution in [2.45, 2.75) is 25.3 Å². The van der Waals surface area contributed by atoms with Crippen molar-refractivity contribution in [2.75, 3.05) is 24.3 Å². The number of hydrogen-bond donors (Lipinski definition) is 2. The highest BCUT2D eigenvalue weighted by molar-refractivity contribution is 7.89. The number of hydrogen-bond acceptors (Lipinski definition) is 4. The molecule has 0 aromatic heterocycles. The Morgan fingerprint density at radius 3 is 2.28 bits per heavy atom. The third-order valence-electron chi connectivity index (χ3n) is 3.72. The number of amides is 1. The van der Waals surface area contributed by atoms with Gasteiger partial charge in [-0.15, -0.1) is 0 Å². The number of nitrogens with zero attached hydrogens (tertiary/aromatic N) is 1. The fourth-order valence-corrected chi connectivity index (χ4v) is 3.62. The second kappa shape index (κ2) is 7.67. The van der Waals surface area contributed by atoms with Gasteiger partial charge in [0.15, 0.2) is 0 Å². The highest BCUT2D eigenvalue weighted by Gasteiger charge is 2.17. The van der Waals surface area contributed by atoms with Crippen LogP contribution in [-0.2, 0) is 21.4 Å². The standard InChI is InChI=1S/C18H23N3O3S/c1-13-5-8-16(20-14(2)22)11-18(13)25(23,24)19-12-15-6-9-17(10-7-15)21(3)4/h5-11,19H,12H2,1-4H3,(H,20,22). The van der Waals surface area contributed by atoms with E-state index in [9.17, 15) is 13.2 Å². The van der Waals surface area contributed by atoms with Crippen molar-refractivity contribution in [2.24, 2.45) is 0 Å². The highest BCUT2D eigenvalue weighted by Crippen LogP contribution is 2.21. The number of sulfonamides is 1. The average molecular weight is 361 g/mol. The predicted octanol–water partition coefficient (Wildman–Crippen LogP) is 2.50. The molecular formula is C18H23N3O3S. The van der Waals surface area contributed by atoms with Gasteiger partial charge in [-0.25, -0.2) is 13.1 Å². The van der Waals surface area contributed by atoms with E-state index in [1.165, 1.54) is 13.0 Å². The molecule has 0 atom stereocenters. The molecule has 25 heavy (non-hydrogen) atoms. The second-order valence-corrected chi connectivity index (χ2v) is 7.78. The van der Waals surface area contributed by atoms with Gasteiger partial charge < -0.3 is 10.2 Å². The fourth-order valence-electron chi connectivity index (χ4n) is 2.34. The quantitative estimate of drug-likeness (QED) is 0.829. The van der Waals surface area contributed by atoms with Crippen LogP contribution in [0.1, 0.15) is 18.1 Å². The van der Waals surface area contributed by atoms with Crippen LogP contribution in [0.2, 0.25) is 0 Å². The van der Waals surface area contributed by atoms with Crippen LogP contribution < -0.4 is 14.9 Å². The molecule has 0 spiro atoms. The lowest BCUT2D eigenvalue weighted by Crippen LogP contribution is -2.24. The molecular weight excluding hydrogens is 338 g/mol. The molecule has 7 heteroatoms. The number of nitrogens with one attached hydrogen (secondary N) is 2. The lowest BCUT2D eigenvalue weighted by atomic mass is 10.2. The molecule has 2 aromatic carbocycles. The van der Waals surface area contributed by atoms with Gasteiger partial charge in [-0.1, -0.05) is 18.2 Å². The maximum atomic E-state index is 12.6. The molecule has 0 aliphatic carbocycles. The third-order valence-corrected chi connectivity index (χ3v) is 5.26. The summed E-state index contributed by atoms with van der Waals surface area (Å²) in [5.41, 5.74) is 2.98. The Balaban J connectivity index is 2.17. The van der Waals surface area contributed by atoms with E-state index in [2.05, 4.69) is 10.0 Å². The molecule has 0 unspecified atom stereocenters. The molecule has 0 saturated carbocycles. The smallest absolute Gasteiger partial charge is 0.241 e. The molecule has 1 amide bonds. The van der Waals surface area contributed by atoms with Crippen molar-refractivity contribution in [1.82, 2.24) is 4.72 Å². The van der Waals surface area contributed by atoms with Crippen LogP contribution in [0.25, 0.3) is 0 Å². The first-order valence-corrected chi connectivity index (χ1v) is 9.31. The minimum atomic E-state index is -3.69. The van der Waals surface area contributed by atoms with Crippen molar-refractivity contribution in [1.29, 1.82) is 0 Å². The van der Waals surface area contributed by atoms with Crippen molar-refractivity contribution in [3.8, 4) is 0 Å². The Labute approximate surface area is 148 Å². The van der Waals surface area contributed by atoms with Gasteiger partial charge in [0, 0.05) is 38.9 Å². The number of benzene rings is 2. The Hall–Kier alpha value is -2.38. The zero-order valence-corrected chi connectivity index (χ0v) is 15.6. The van der Waals surface area contributed by atoms with Crippen LogP contribution in [0.5, 0.6) is 0 Å². The van der Waals surface area contributed by atoms with Crippen LogP contribution in [0.4, 0.5) is 11.4 Å². The molecule has 6 nitrogen and oxygen atoms in total. The van der Waals surface area contributed by atoms with Gasteiger partial charge in [-0.2, -0.15) is 0 Å². The molecule has 0 aliphatic rings. The van der Waals surface area contributed by atoms with Gasteiger partial charge in [-0.05, 0) is 42.3 Å². The van der Waals surface area contributed by atoms with Crippen LogP contribution in [0, 0.1) is 6.92 Å². The summed E-state index contributed by atoms with van der Waals surface area (Å²) in [5, 5.41) is 2.60. The summed E-state index contributed by atoms with van der Waals surface area (Å²) in [6.07, 6.45) is 0. The Bertz CT molecular complexity index is 860. The van der Waals surface area contributed by atoms with Crippen molar-refractivity contribution in [3.63, 3.8) is 0 Å². The average Bonchev–Trinajstić information content (AvgIpc) is 2.54. The van der Waals surface area contributed by atoms with E-state index < -0.39 is 10.0 Å². The highest BCUT2D eigenvalue weighted by atomic mass is 32.2. The van der Waals surface area contributed by atoms with Crippen LogP contribution >= 0.6 is 0 Å². The summed E-state index contributed by atoms with van der Waals surface area (Å²) in [6.45, 7) is 3.29. The minimum absolute atomic E-state index is 0.156. The van der Waals surface area contributed by atoms with E-state index in [0.717, 1.165) is 11.3 Å². The topological polar surface area (TPSA) is 78.5 Å². The summed E-state index contributed by atoms with van der Waals surface area (Å²) in [4.78, 5) is 13.3. The molecule has 0 radical (unpaired) electrons. The number of rotatable bonds is 6. The molecule has 134 valence electrons. The molecule has 0 fully saturated rings. The van der Waals surface area contributed by atoms with Crippen molar-refractivity contribution >= 4 is 27.3 Å². The van der Waals surface area contributed by atoms with Gasteiger partial charge >= 0.3 is 0 Å². The van der Waals surface area contributed by atoms with Gasteiger partial charge in [-0.3, -0.25) is 4.79 Å². The lowest BCUT2D eigenvalue weighted by Gasteiger charge is -2.14. The summed E-state index contributed by atoms with van der Waals surface area (Å²) in [7, 11) is 0.208. The summed E-state index contributed by atoms with van der Waals surface area (Å²) in [6, 6.07) is 12.5. The molecule has 0 aliphatic heterocycles. The molecule has 0 bridgehead atoms. The van der Waals surface area contributed by atoms with E-state index in [1.54, 1.807) is 19.1 Å². The number of carbonyl (C=O) groups excluding carboxylic acids is 1. The largest absolute Gasteiger partial charge is 0.378 e. The van der Waals surface area contributed by atoms with E-state index >= 15 is 0 Å². The minimum Gasteiger partial charge on any atom is -0.378 e. The van der Waals surface area contributed by atoms with Crippen LogP contribution in [0.3, 0.4) is 0 Å². The first-order chi connectivity index (χ1) is 11.7. The number of carbonyl (C=O) groups is 1. The maximum Gasteiger partial charge on any atom is 0.241 e. The number of anilines is 2. The summed E-state index contributed by atoms with van der Waals surface area (Å²) in [5.74, 6) is -0.249. The first-order valence-electron chi connectivity index (χ1n) is 7.83. The first kappa shape index (κ1) is 19.0. The monoisotopic (exact) mass is 361 g/mol. The van der Waals surface area contributed by atoms with E-state index in [-0.39, 0.29) is 17.3 Å². The number of aryl methyl sites for hydroxylation is 1. The van der Waals surface area contributed by atoms with Gasteiger partial charge in [0.2, 0.25) is 15.9 Å². The molecule has 2 aromatic rings. The van der Waals surface area contributed by atoms with E-state index in [1.807, 2.05) is 43.3 Å². The fraction of sp³-hybridized carbons (Fsp3) is 0.278. The Morgan fingerprint density at radius 2 is 1.72 bits per heavy atom. The Morgan fingerprint density at radius 1 is 1.08 bits per heavy atom. The summed E-state index contributed by atoms with van der Waals surface area (Å²) >= 11 is 0.